The quantitative estimate of drug-likeness (QED) is 0.861. The number of aliphatic carboxylic acids is 1. The minimum atomic E-state index is -0.973. The molecule has 8 heteroatoms. The smallest absolute Gasteiger partial charge is 0.311 e. The van der Waals surface area contributed by atoms with Gasteiger partial charge in [-0.15, -0.1) is 0 Å². The summed E-state index contributed by atoms with van der Waals surface area (Å²) in [6, 6.07) is 1.71. The number of carboxylic acid groups (broad SMARTS) is 1. The van der Waals surface area contributed by atoms with Crippen LogP contribution in [0.4, 0.5) is 0 Å². The van der Waals surface area contributed by atoms with Gasteiger partial charge in [-0.05, 0) is 32.8 Å². The zero-order valence-electron chi connectivity index (χ0n) is 14.6. The molecule has 0 aliphatic carbocycles. The van der Waals surface area contributed by atoms with Gasteiger partial charge in [0.05, 0.1) is 22.1 Å². The number of hydrogen-bond acceptors (Lipinski definition) is 5. The number of nitrogens with zero attached hydrogens (tertiary/aromatic N) is 3. The summed E-state index contributed by atoms with van der Waals surface area (Å²) in [5, 5.41) is 17.4. The summed E-state index contributed by atoms with van der Waals surface area (Å²) >= 11 is 0. The monoisotopic (exact) mass is 346 g/mol. The van der Waals surface area contributed by atoms with Crippen LogP contribution in [0.15, 0.2) is 6.07 Å². The summed E-state index contributed by atoms with van der Waals surface area (Å²) in [6.07, 6.45) is 0.776. The molecule has 1 saturated heterocycles. The predicted molar refractivity (Wildman–Crippen MR) is 90.4 cm³/mol. The van der Waals surface area contributed by atoms with E-state index in [1.807, 2.05) is 13.8 Å². The lowest BCUT2D eigenvalue weighted by atomic mass is 9.80. The summed E-state index contributed by atoms with van der Waals surface area (Å²) in [7, 11) is 1.78. The van der Waals surface area contributed by atoms with E-state index in [2.05, 4.69) is 15.4 Å². The molecule has 0 unspecified atom stereocenters. The van der Waals surface area contributed by atoms with E-state index < -0.39 is 11.4 Å². The second-order valence-corrected chi connectivity index (χ2v) is 6.60. The summed E-state index contributed by atoms with van der Waals surface area (Å²) in [4.78, 5) is 28.9. The molecule has 3 rings (SSSR count). The minimum Gasteiger partial charge on any atom is -0.481 e. The molecule has 2 aromatic heterocycles. The van der Waals surface area contributed by atoms with E-state index in [9.17, 15) is 14.7 Å². The van der Waals surface area contributed by atoms with Gasteiger partial charge < -0.3 is 15.2 Å². The summed E-state index contributed by atoms with van der Waals surface area (Å²) in [5.74, 6) is -1.21. The number of pyridine rings is 1. The molecule has 1 aliphatic rings. The fourth-order valence-electron chi connectivity index (χ4n) is 3.32. The molecule has 0 saturated carbocycles. The van der Waals surface area contributed by atoms with Crippen LogP contribution < -0.4 is 5.32 Å². The molecule has 2 N–H and O–H groups in total. The Kier molecular flexibility index (Phi) is 4.47. The van der Waals surface area contributed by atoms with E-state index in [1.165, 1.54) is 0 Å². The molecule has 8 nitrogen and oxygen atoms in total. The predicted octanol–water partition coefficient (Wildman–Crippen LogP) is 1.20. The largest absolute Gasteiger partial charge is 0.481 e. The van der Waals surface area contributed by atoms with E-state index in [4.69, 9.17) is 4.74 Å². The van der Waals surface area contributed by atoms with Crippen molar-refractivity contribution in [3.8, 4) is 0 Å². The average molecular weight is 346 g/mol. The zero-order valence-corrected chi connectivity index (χ0v) is 14.6. The zero-order chi connectivity index (χ0) is 18.2. The third-order valence-electron chi connectivity index (χ3n) is 4.83. The van der Waals surface area contributed by atoms with Crippen LogP contribution in [0.2, 0.25) is 0 Å². The van der Waals surface area contributed by atoms with Crippen molar-refractivity contribution < 1.29 is 19.4 Å². The molecular formula is C17H22N4O4. The number of hydrogen-bond donors (Lipinski definition) is 2. The second kappa shape index (κ2) is 6.44. The lowest BCUT2D eigenvalue weighted by Crippen LogP contribution is -2.46. The van der Waals surface area contributed by atoms with E-state index in [0.717, 1.165) is 0 Å². The van der Waals surface area contributed by atoms with Crippen molar-refractivity contribution in [1.29, 1.82) is 0 Å². The van der Waals surface area contributed by atoms with Crippen LogP contribution in [-0.4, -0.2) is 51.5 Å². The Morgan fingerprint density at radius 2 is 2.04 bits per heavy atom. The number of amides is 1. The Morgan fingerprint density at radius 1 is 1.36 bits per heavy atom. The number of fused-ring (bicyclic) bond motifs is 1. The number of ether oxygens (including phenoxy) is 1. The van der Waals surface area contributed by atoms with Crippen LogP contribution in [0, 0.1) is 19.3 Å². The minimum absolute atomic E-state index is 0.0761. The van der Waals surface area contributed by atoms with Gasteiger partial charge in [0.2, 0.25) is 0 Å². The molecule has 3 heterocycles. The highest BCUT2D eigenvalue weighted by Gasteiger charge is 2.40. The maximum Gasteiger partial charge on any atom is 0.311 e. The first-order valence-corrected chi connectivity index (χ1v) is 8.24. The highest BCUT2D eigenvalue weighted by Crippen LogP contribution is 2.30. The number of carbonyl (C=O) groups excluding carboxylic acids is 1. The maximum absolute atomic E-state index is 12.8. The Hall–Kier alpha value is -2.48. The average Bonchev–Trinajstić information content (AvgIpc) is 2.86. The van der Waals surface area contributed by atoms with Crippen LogP contribution in [0.25, 0.3) is 11.0 Å². The third-order valence-corrected chi connectivity index (χ3v) is 4.83. The van der Waals surface area contributed by atoms with Crippen molar-refractivity contribution in [2.24, 2.45) is 12.5 Å². The molecule has 1 aliphatic heterocycles. The molecule has 134 valence electrons. The summed E-state index contributed by atoms with van der Waals surface area (Å²) in [6.45, 7) is 4.50. The normalized spacial score (nSPS) is 16.8. The van der Waals surface area contributed by atoms with Crippen molar-refractivity contribution in [2.45, 2.75) is 26.7 Å². The molecule has 0 radical (unpaired) electrons. The van der Waals surface area contributed by atoms with Gasteiger partial charge >= 0.3 is 5.97 Å². The molecule has 0 spiro atoms. The lowest BCUT2D eigenvalue weighted by molar-refractivity contribution is -0.154. The number of aromatic nitrogens is 3. The van der Waals surface area contributed by atoms with Crippen molar-refractivity contribution >= 4 is 22.9 Å². The fraction of sp³-hybridized carbons (Fsp3) is 0.529. The second-order valence-electron chi connectivity index (χ2n) is 6.60. The molecule has 0 aromatic carbocycles. The van der Waals surface area contributed by atoms with Gasteiger partial charge in [0.1, 0.15) is 0 Å². The number of carbonyl (C=O) groups is 2. The van der Waals surface area contributed by atoms with E-state index >= 15 is 0 Å². The van der Waals surface area contributed by atoms with Crippen molar-refractivity contribution in [3.05, 3.63) is 23.0 Å². The molecule has 2 aromatic rings. The molecule has 1 amide bonds. The fourth-order valence-corrected chi connectivity index (χ4v) is 3.32. The maximum atomic E-state index is 12.8. The van der Waals surface area contributed by atoms with E-state index in [1.54, 1.807) is 17.8 Å². The molecule has 1 fully saturated rings. The molecule has 25 heavy (non-hydrogen) atoms. The van der Waals surface area contributed by atoms with Crippen LogP contribution in [0.5, 0.6) is 0 Å². The highest BCUT2D eigenvalue weighted by atomic mass is 16.5. The SMILES string of the molecule is Cc1cc(C(=O)NCC2(C(=O)O)CCOCC2)c2c(C)nn(C)c2n1. The van der Waals surface area contributed by atoms with Crippen LogP contribution in [0.3, 0.4) is 0 Å². The number of carboxylic acids is 1. The van der Waals surface area contributed by atoms with Gasteiger partial charge in [0.15, 0.2) is 5.65 Å². The van der Waals surface area contributed by atoms with Gasteiger partial charge in [-0.3, -0.25) is 14.3 Å². The Morgan fingerprint density at radius 3 is 2.68 bits per heavy atom. The third kappa shape index (κ3) is 3.09. The number of rotatable bonds is 4. The van der Waals surface area contributed by atoms with Crippen LogP contribution in [0.1, 0.15) is 34.6 Å². The standard InChI is InChI=1S/C17H22N4O4/c1-10-8-12(13-11(2)20-21(3)14(13)19-10)15(22)18-9-17(16(23)24)4-6-25-7-5-17/h8H,4-7,9H2,1-3H3,(H,18,22)(H,23,24). The molecular weight excluding hydrogens is 324 g/mol. The number of aryl methyl sites for hydroxylation is 3. The van der Waals surface area contributed by atoms with E-state index in [0.29, 0.717) is 54.0 Å². The van der Waals surface area contributed by atoms with Crippen molar-refractivity contribution in [1.82, 2.24) is 20.1 Å². The lowest BCUT2D eigenvalue weighted by Gasteiger charge is -2.33. The van der Waals surface area contributed by atoms with Gasteiger partial charge in [-0.1, -0.05) is 0 Å². The van der Waals surface area contributed by atoms with Gasteiger partial charge in [0.25, 0.3) is 5.91 Å². The Balaban J connectivity index is 1.89. The number of nitrogens with one attached hydrogen (secondary N) is 1. The van der Waals surface area contributed by atoms with Gasteiger partial charge in [-0.25, -0.2) is 4.98 Å². The first-order valence-electron chi connectivity index (χ1n) is 8.24. The van der Waals surface area contributed by atoms with E-state index in [-0.39, 0.29) is 12.5 Å². The van der Waals surface area contributed by atoms with Gasteiger partial charge in [-0.2, -0.15) is 5.10 Å². The Bertz CT molecular complexity index is 837. The summed E-state index contributed by atoms with van der Waals surface area (Å²) in [5.41, 5.74) is 1.57. The topological polar surface area (TPSA) is 106 Å². The van der Waals surface area contributed by atoms with Gasteiger partial charge in [0, 0.05) is 32.5 Å². The van der Waals surface area contributed by atoms with Crippen LogP contribution >= 0.6 is 0 Å². The van der Waals surface area contributed by atoms with Crippen LogP contribution in [-0.2, 0) is 16.6 Å². The summed E-state index contributed by atoms with van der Waals surface area (Å²) < 4.78 is 6.91. The Labute approximate surface area is 145 Å². The molecule has 0 atom stereocenters. The highest BCUT2D eigenvalue weighted by molar-refractivity contribution is 6.06. The van der Waals surface area contributed by atoms with Crippen molar-refractivity contribution in [2.75, 3.05) is 19.8 Å². The molecule has 0 bridgehead atoms. The first-order chi connectivity index (χ1) is 11.8. The first kappa shape index (κ1) is 17.3. The van der Waals surface area contributed by atoms with Crippen molar-refractivity contribution in [3.63, 3.8) is 0 Å².